The molecule has 0 unspecified atom stereocenters. The van der Waals surface area contributed by atoms with Gasteiger partial charge < -0.3 is 15.5 Å². The van der Waals surface area contributed by atoms with E-state index in [-0.39, 0.29) is 19.8 Å². The van der Waals surface area contributed by atoms with Gasteiger partial charge in [-0.3, -0.25) is 0 Å². The van der Waals surface area contributed by atoms with E-state index in [4.69, 9.17) is 10.5 Å². The Bertz CT molecular complexity index is 1690. The second kappa shape index (κ2) is 15.7. The van der Waals surface area contributed by atoms with Crippen molar-refractivity contribution in [3.63, 3.8) is 0 Å². The van der Waals surface area contributed by atoms with Gasteiger partial charge in [0.1, 0.15) is 5.75 Å². The largest absolute Gasteiger partial charge is 1.00 e. The zero-order valence-electron chi connectivity index (χ0n) is 26.1. The molecule has 227 valence electrons. The molecular formula is C34H37N8OOs. The third-order valence-electron chi connectivity index (χ3n) is 7.11. The van der Waals surface area contributed by atoms with Gasteiger partial charge in [0.25, 0.3) is 0 Å². The molecular weight excluding hydrogens is 727 g/mol. The number of nitrogen functional groups attached to an aromatic ring is 1. The quantitative estimate of drug-likeness (QED) is 0.161. The molecule has 1 aromatic carbocycles. The van der Waals surface area contributed by atoms with E-state index >= 15 is 0 Å². The number of pyridine rings is 3. The maximum absolute atomic E-state index is 5.69. The maximum atomic E-state index is 5.69. The first-order valence-electron chi connectivity index (χ1n) is 13.9. The molecule has 0 spiro atoms. The zero-order valence-corrected chi connectivity index (χ0v) is 28.6. The fourth-order valence-corrected chi connectivity index (χ4v) is 4.16. The van der Waals surface area contributed by atoms with Crippen molar-refractivity contribution < 1.29 is 24.5 Å². The van der Waals surface area contributed by atoms with Crippen molar-refractivity contribution in [1.82, 2.24) is 34.5 Å². The van der Waals surface area contributed by atoms with Crippen molar-refractivity contribution >= 4 is 5.69 Å². The monoisotopic (exact) mass is 765 g/mol. The minimum Gasteiger partial charge on any atom is -0.497 e. The molecule has 1 radical (unpaired) electrons. The summed E-state index contributed by atoms with van der Waals surface area (Å²) in [5.74, 6) is 2.53. The predicted octanol–water partition coefficient (Wildman–Crippen LogP) is 6.52. The predicted molar refractivity (Wildman–Crippen MR) is 171 cm³/mol. The normalized spacial score (nSPS) is 10.1. The summed E-state index contributed by atoms with van der Waals surface area (Å²) in [6.45, 7) is 12.3. The Balaban J connectivity index is 0.000000178. The first-order valence-corrected chi connectivity index (χ1v) is 13.9. The van der Waals surface area contributed by atoms with E-state index < -0.39 is 0 Å². The summed E-state index contributed by atoms with van der Waals surface area (Å²) in [4.78, 5) is 12.8. The van der Waals surface area contributed by atoms with Crippen LogP contribution in [-0.4, -0.2) is 41.6 Å². The Morgan fingerprint density at radius 3 is 1.64 bits per heavy atom. The van der Waals surface area contributed by atoms with Crippen molar-refractivity contribution in [3.05, 3.63) is 125 Å². The van der Waals surface area contributed by atoms with E-state index in [1.165, 1.54) is 11.1 Å². The maximum Gasteiger partial charge on any atom is 1.00 e. The average molecular weight is 764 g/mol. The van der Waals surface area contributed by atoms with Crippen molar-refractivity contribution in [2.75, 3.05) is 12.8 Å². The van der Waals surface area contributed by atoms with Crippen LogP contribution in [0.5, 0.6) is 5.75 Å². The molecule has 2 N–H and O–H groups in total. The van der Waals surface area contributed by atoms with E-state index in [1.807, 2.05) is 71.7 Å². The minimum atomic E-state index is 0. The second-order valence-electron chi connectivity index (χ2n) is 9.91. The minimum absolute atomic E-state index is 0. The van der Waals surface area contributed by atoms with E-state index in [0.717, 1.165) is 51.4 Å². The molecule has 0 amide bonds. The number of aromatic nitrogens is 7. The molecule has 10 heteroatoms. The molecule has 5 aromatic heterocycles. The van der Waals surface area contributed by atoms with Gasteiger partial charge in [-0.1, -0.05) is 17.8 Å². The number of benzene rings is 1. The van der Waals surface area contributed by atoms with Gasteiger partial charge in [0.2, 0.25) is 0 Å². The number of rotatable bonds is 4. The molecule has 0 saturated carbocycles. The summed E-state index contributed by atoms with van der Waals surface area (Å²) >= 11 is 0. The van der Waals surface area contributed by atoms with Gasteiger partial charge in [-0.2, -0.15) is 10.2 Å². The van der Waals surface area contributed by atoms with Crippen molar-refractivity contribution in [2.24, 2.45) is 0 Å². The molecule has 0 aliphatic rings. The summed E-state index contributed by atoms with van der Waals surface area (Å²) < 4.78 is 8.88. The molecule has 0 aliphatic carbocycles. The van der Waals surface area contributed by atoms with E-state index in [0.29, 0.717) is 5.69 Å². The third kappa shape index (κ3) is 8.24. The molecule has 5 heterocycles. The topological polar surface area (TPSA) is 110 Å². The third-order valence-corrected chi connectivity index (χ3v) is 7.11. The van der Waals surface area contributed by atoms with Crippen LogP contribution >= 0.6 is 0 Å². The van der Waals surface area contributed by atoms with Crippen LogP contribution < -0.4 is 10.5 Å². The van der Waals surface area contributed by atoms with Gasteiger partial charge in [-0.25, -0.2) is 19.3 Å². The Morgan fingerprint density at radius 1 is 0.682 bits per heavy atom. The smallest absolute Gasteiger partial charge is 0.497 e. The summed E-state index contributed by atoms with van der Waals surface area (Å²) in [5, 5.41) is 8.87. The van der Waals surface area contributed by atoms with Gasteiger partial charge in [-0.15, -0.1) is 29.8 Å². The average Bonchev–Trinajstić information content (AvgIpc) is 3.46. The van der Waals surface area contributed by atoms with Crippen LogP contribution in [0.1, 0.15) is 33.9 Å². The molecule has 6 rings (SSSR count). The number of hydrogen-bond acceptors (Lipinski definition) is 7. The number of nitrogens with zero attached hydrogens (tertiary/aromatic N) is 7. The molecule has 0 fully saturated rings. The molecule has 9 nitrogen and oxygen atoms in total. The molecule has 0 atom stereocenters. The molecule has 0 bridgehead atoms. The SMILES string of the molecule is COc1ccnc(-c2[c-]ccc(N)c2)c1.Cc1nn(-c2ccccn2)c(C)c1C.Cc1nn(-c2ccccn2)c(C)c1C.[Os+]. The summed E-state index contributed by atoms with van der Waals surface area (Å²) in [7, 11) is 1.63. The summed E-state index contributed by atoms with van der Waals surface area (Å²) in [6.07, 6.45) is 5.26. The van der Waals surface area contributed by atoms with Crippen LogP contribution in [0.2, 0.25) is 0 Å². The Labute approximate surface area is 272 Å². The van der Waals surface area contributed by atoms with Gasteiger partial charge in [0.15, 0.2) is 11.6 Å². The Kier molecular flexibility index (Phi) is 12.1. The van der Waals surface area contributed by atoms with E-state index in [1.54, 1.807) is 43.9 Å². The van der Waals surface area contributed by atoms with Crippen LogP contribution in [0.3, 0.4) is 0 Å². The van der Waals surface area contributed by atoms with Gasteiger partial charge in [0.05, 0.1) is 18.5 Å². The number of ether oxygens (including phenoxy) is 1. The fraction of sp³-hybridized carbons (Fsp3) is 0.206. The van der Waals surface area contributed by atoms with E-state index in [9.17, 15) is 0 Å². The fourth-order valence-electron chi connectivity index (χ4n) is 4.16. The van der Waals surface area contributed by atoms with Crippen LogP contribution in [0.15, 0.2) is 85.3 Å². The molecule has 6 aromatic rings. The van der Waals surface area contributed by atoms with Crippen molar-refractivity contribution in [1.29, 1.82) is 0 Å². The first-order chi connectivity index (χ1) is 20.7. The Morgan fingerprint density at radius 2 is 1.23 bits per heavy atom. The van der Waals surface area contributed by atoms with Gasteiger partial charge >= 0.3 is 19.8 Å². The molecule has 0 aliphatic heterocycles. The van der Waals surface area contributed by atoms with Crippen LogP contribution in [0.4, 0.5) is 5.69 Å². The van der Waals surface area contributed by atoms with Crippen LogP contribution in [0, 0.1) is 47.6 Å². The number of methoxy groups -OCH3 is 1. The van der Waals surface area contributed by atoms with Crippen LogP contribution in [-0.2, 0) is 19.8 Å². The van der Waals surface area contributed by atoms with Crippen molar-refractivity contribution in [2.45, 2.75) is 41.5 Å². The standard InChI is InChI=1S/C12H11N2O.2C11H13N3.Os/c1-15-11-5-6-14-12(8-11)9-3-2-4-10(13)7-9;2*1-8-9(2)13-14(10(8)3)11-6-4-5-7-12-11;/h2,4-8H,13H2,1H3;2*4-7H,1-3H3;/q-1;;;+1. The van der Waals surface area contributed by atoms with Crippen molar-refractivity contribution in [3.8, 4) is 28.6 Å². The molecule has 44 heavy (non-hydrogen) atoms. The number of nitrogens with two attached hydrogens (primary N) is 1. The first kappa shape index (κ1) is 33.8. The summed E-state index contributed by atoms with van der Waals surface area (Å²) in [6, 6.07) is 23.8. The second-order valence-corrected chi connectivity index (χ2v) is 9.91. The Hall–Kier alpha value is -4.67. The van der Waals surface area contributed by atoms with Gasteiger partial charge in [0, 0.05) is 30.0 Å². The summed E-state index contributed by atoms with van der Waals surface area (Å²) in [5.41, 5.74) is 15.0. The van der Waals surface area contributed by atoms with Crippen LogP contribution in [0.25, 0.3) is 22.9 Å². The molecule has 0 saturated heterocycles. The number of anilines is 1. The number of aryl methyl sites for hydroxylation is 2. The zero-order chi connectivity index (χ0) is 30.9. The number of hydrogen-bond donors (Lipinski definition) is 1. The van der Waals surface area contributed by atoms with Gasteiger partial charge in [-0.05, 0) is 94.8 Å². The van der Waals surface area contributed by atoms with E-state index in [2.05, 4.69) is 58.9 Å².